The zero-order valence-corrected chi connectivity index (χ0v) is 12.3. The highest BCUT2D eigenvalue weighted by Crippen LogP contribution is 2.24. The molecule has 3 rings (SSSR count). The molecule has 0 bridgehead atoms. The molecule has 2 fully saturated rings. The number of rotatable bonds is 2. The van der Waals surface area contributed by atoms with E-state index in [0.717, 1.165) is 38.3 Å². The number of hydrogen-bond acceptors (Lipinski definition) is 4. The van der Waals surface area contributed by atoms with Crippen LogP contribution in [0.3, 0.4) is 0 Å². The Morgan fingerprint density at radius 1 is 1.43 bits per heavy atom. The molecule has 2 aliphatic heterocycles. The van der Waals surface area contributed by atoms with E-state index < -0.39 is 0 Å². The van der Waals surface area contributed by atoms with Crippen molar-refractivity contribution < 1.29 is 4.79 Å². The van der Waals surface area contributed by atoms with Crippen LogP contribution in [0.15, 0.2) is 12.1 Å². The number of nitrogens with zero attached hydrogens (tertiary/aromatic N) is 4. The Balaban J connectivity index is 1.77. The SMILES string of the molecule is N#Cc1nc(N2CCC[C@H](N3CCNC3=O)C2)ccc1Cl. The summed E-state index contributed by atoms with van der Waals surface area (Å²) in [6.45, 7) is 3.10. The van der Waals surface area contributed by atoms with E-state index in [2.05, 4.69) is 15.2 Å². The first-order chi connectivity index (χ1) is 10.2. The van der Waals surface area contributed by atoms with E-state index in [9.17, 15) is 4.79 Å². The van der Waals surface area contributed by atoms with Crippen molar-refractivity contribution in [1.82, 2.24) is 15.2 Å². The van der Waals surface area contributed by atoms with Gasteiger partial charge >= 0.3 is 6.03 Å². The highest BCUT2D eigenvalue weighted by atomic mass is 35.5. The van der Waals surface area contributed by atoms with Crippen LogP contribution in [0, 0.1) is 11.3 Å². The maximum absolute atomic E-state index is 11.8. The summed E-state index contributed by atoms with van der Waals surface area (Å²) in [5.41, 5.74) is 0.246. The molecule has 1 aromatic heterocycles. The summed E-state index contributed by atoms with van der Waals surface area (Å²) in [6, 6.07) is 5.75. The van der Waals surface area contributed by atoms with Gasteiger partial charge in [0, 0.05) is 26.2 Å². The molecule has 0 saturated carbocycles. The van der Waals surface area contributed by atoms with E-state index in [1.807, 2.05) is 17.0 Å². The van der Waals surface area contributed by atoms with Gasteiger partial charge in [-0.2, -0.15) is 5.26 Å². The Morgan fingerprint density at radius 3 is 3.00 bits per heavy atom. The van der Waals surface area contributed by atoms with Crippen molar-refractivity contribution >= 4 is 23.4 Å². The molecular weight excluding hydrogens is 290 g/mol. The zero-order chi connectivity index (χ0) is 14.8. The van der Waals surface area contributed by atoms with Crippen LogP contribution in [-0.2, 0) is 0 Å². The van der Waals surface area contributed by atoms with Crippen molar-refractivity contribution in [2.45, 2.75) is 18.9 Å². The van der Waals surface area contributed by atoms with Crippen molar-refractivity contribution in [3.63, 3.8) is 0 Å². The normalized spacial score (nSPS) is 22.1. The molecule has 0 unspecified atom stereocenters. The maximum atomic E-state index is 11.8. The lowest BCUT2D eigenvalue weighted by atomic mass is 10.0. The summed E-state index contributed by atoms with van der Waals surface area (Å²) in [4.78, 5) is 20.1. The van der Waals surface area contributed by atoms with Gasteiger partial charge in [0.25, 0.3) is 0 Å². The molecule has 2 saturated heterocycles. The van der Waals surface area contributed by atoms with Crippen LogP contribution in [0.4, 0.5) is 10.6 Å². The Labute approximate surface area is 128 Å². The van der Waals surface area contributed by atoms with E-state index in [1.54, 1.807) is 6.07 Å². The first-order valence-corrected chi connectivity index (χ1v) is 7.43. The average molecular weight is 306 g/mol. The van der Waals surface area contributed by atoms with Crippen LogP contribution in [0.2, 0.25) is 5.02 Å². The molecule has 1 atom stereocenters. The van der Waals surface area contributed by atoms with E-state index in [1.165, 1.54) is 0 Å². The second-order valence-electron chi connectivity index (χ2n) is 5.28. The van der Waals surface area contributed by atoms with Crippen molar-refractivity contribution in [2.24, 2.45) is 0 Å². The maximum Gasteiger partial charge on any atom is 0.317 e. The van der Waals surface area contributed by atoms with Gasteiger partial charge in [-0.05, 0) is 25.0 Å². The van der Waals surface area contributed by atoms with Crippen molar-refractivity contribution in [2.75, 3.05) is 31.1 Å². The minimum atomic E-state index is 0.0172. The summed E-state index contributed by atoms with van der Waals surface area (Å²) in [7, 11) is 0. The number of urea groups is 1. The lowest BCUT2D eigenvalue weighted by molar-refractivity contribution is 0.189. The summed E-state index contributed by atoms with van der Waals surface area (Å²) in [6.07, 6.45) is 2.00. The molecule has 0 spiro atoms. The molecule has 7 heteroatoms. The van der Waals surface area contributed by atoms with Gasteiger partial charge in [0.05, 0.1) is 11.1 Å². The van der Waals surface area contributed by atoms with Gasteiger partial charge < -0.3 is 15.1 Å². The van der Waals surface area contributed by atoms with Gasteiger partial charge in [0.2, 0.25) is 0 Å². The quantitative estimate of drug-likeness (QED) is 0.901. The molecule has 0 aromatic carbocycles. The monoisotopic (exact) mass is 305 g/mol. The minimum Gasteiger partial charge on any atom is -0.355 e. The fraction of sp³-hybridized carbons (Fsp3) is 0.500. The molecule has 2 aliphatic rings. The number of carbonyl (C=O) groups excluding carboxylic acids is 1. The number of nitrogens with one attached hydrogen (secondary N) is 1. The topological polar surface area (TPSA) is 72.3 Å². The molecular formula is C14H16ClN5O. The van der Waals surface area contributed by atoms with E-state index >= 15 is 0 Å². The lowest BCUT2D eigenvalue weighted by Crippen LogP contribution is -2.49. The van der Waals surface area contributed by atoms with Gasteiger partial charge in [0.1, 0.15) is 11.9 Å². The smallest absolute Gasteiger partial charge is 0.317 e. The van der Waals surface area contributed by atoms with E-state index in [-0.39, 0.29) is 17.8 Å². The number of pyridine rings is 1. The van der Waals surface area contributed by atoms with Gasteiger partial charge in [0.15, 0.2) is 5.69 Å². The molecule has 1 N–H and O–H groups in total. The van der Waals surface area contributed by atoms with Gasteiger partial charge in [-0.1, -0.05) is 11.6 Å². The second-order valence-corrected chi connectivity index (χ2v) is 5.69. The van der Waals surface area contributed by atoms with Crippen LogP contribution in [-0.4, -0.2) is 48.1 Å². The van der Waals surface area contributed by atoms with Crippen molar-refractivity contribution in [3.8, 4) is 6.07 Å². The number of carbonyl (C=O) groups is 1. The minimum absolute atomic E-state index is 0.0172. The summed E-state index contributed by atoms with van der Waals surface area (Å²) < 4.78 is 0. The lowest BCUT2D eigenvalue weighted by Gasteiger charge is -2.37. The number of hydrogen-bond donors (Lipinski definition) is 1. The fourth-order valence-corrected chi connectivity index (χ4v) is 3.09. The standard InChI is InChI=1S/C14H16ClN5O/c15-11-3-4-13(18-12(11)8-16)19-6-1-2-10(9-19)20-7-5-17-14(20)21/h3-4,10H,1-2,5-7,9H2,(H,17,21)/t10-/m0/s1. The number of aromatic nitrogens is 1. The number of halogens is 1. The molecule has 3 heterocycles. The number of anilines is 1. The largest absolute Gasteiger partial charge is 0.355 e. The third kappa shape index (κ3) is 2.74. The summed E-state index contributed by atoms with van der Waals surface area (Å²) in [5.74, 6) is 0.750. The Morgan fingerprint density at radius 2 is 2.29 bits per heavy atom. The third-order valence-electron chi connectivity index (χ3n) is 3.99. The predicted molar refractivity (Wildman–Crippen MR) is 79.3 cm³/mol. The van der Waals surface area contributed by atoms with Crippen LogP contribution in [0.1, 0.15) is 18.5 Å². The molecule has 1 aromatic rings. The Bertz CT molecular complexity index is 600. The number of piperidine rings is 1. The highest BCUT2D eigenvalue weighted by molar-refractivity contribution is 6.31. The second kappa shape index (κ2) is 5.78. The van der Waals surface area contributed by atoms with Crippen LogP contribution in [0.25, 0.3) is 0 Å². The first-order valence-electron chi connectivity index (χ1n) is 7.05. The fourth-order valence-electron chi connectivity index (χ4n) is 2.94. The van der Waals surface area contributed by atoms with Crippen molar-refractivity contribution in [3.05, 3.63) is 22.8 Å². The van der Waals surface area contributed by atoms with Crippen LogP contribution in [0.5, 0.6) is 0 Å². The van der Waals surface area contributed by atoms with Crippen LogP contribution >= 0.6 is 11.6 Å². The zero-order valence-electron chi connectivity index (χ0n) is 11.5. The van der Waals surface area contributed by atoms with Gasteiger partial charge in [-0.15, -0.1) is 0 Å². The average Bonchev–Trinajstić information content (AvgIpc) is 2.94. The van der Waals surface area contributed by atoms with E-state index in [0.29, 0.717) is 11.6 Å². The first kappa shape index (κ1) is 14.0. The molecule has 21 heavy (non-hydrogen) atoms. The Hall–Kier alpha value is -2.00. The van der Waals surface area contributed by atoms with Gasteiger partial charge in [-0.3, -0.25) is 0 Å². The molecule has 0 radical (unpaired) electrons. The Kier molecular flexibility index (Phi) is 3.84. The highest BCUT2D eigenvalue weighted by Gasteiger charge is 2.31. The number of nitriles is 1. The van der Waals surface area contributed by atoms with Crippen molar-refractivity contribution in [1.29, 1.82) is 5.26 Å². The molecule has 2 amide bonds. The number of amides is 2. The summed E-state index contributed by atoms with van der Waals surface area (Å²) >= 11 is 5.92. The molecule has 0 aliphatic carbocycles. The third-order valence-corrected chi connectivity index (χ3v) is 4.29. The van der Waals surface area contributed by atoms with E-state index in [4.69, 9.17) is 16.9 Å². The molecule has 6 nitrogen and oxygen atoms in total. The van der Waals surface area contributed by atoms with Gasteiger partial charge in [-0.25, -0.2) is 9.78 Å². The summed E-state index contributed by atoms with van der Waals surface area (Å²) in [5, 5.41) is 12.2. The predicted octanol–water partition coefficient (Wildman–Crippen LogP) is 1.60. The van der Waals surface area contributed by atoms with Crippen LogP contribution < -0.4 is 10.2 Å². The molecule has 110 valence electrons.